The predicted octanol–water partition coefficient (Wildman–Crippen LogP) is 3.84. The van der Waals surface area contributed by atoms with E-state index in [1.807, 2.05) is 36.4 Å². The van der Waals surface area contributed by atoms with Gasteiger partial charge in [0, 0.05) is 23.2 Å². The highest BCUT2D eigenvalue weighted by Crippen LogP contribution is 2.26. The molecule has 2 heterocycles. The van der Waals surface area contributed by atoms with Crippen molar-refractivity contribution in [2.75, 3.05) is 0 Å². The van der Waals surface area contributed by atoms with Crippen LogP contribution >= 0.6 is 0 Å². The zero-order chi connectivity index (χ0) is 17.9. The van der Waals surface area contributed by atoms with Crippen molar-refractivity contribution in [2.24, 2.45) is 4.99 Å². The fourth-order valence-corrected chi connectivity index (χ4v) is 2.87. The van der Waals surface area contributed by atoms with Crippen molar-refractivity contribution in [3.05, 3.63) is 94.9 Å². The van der Waals surface area contributed by atoms with Gasteiger partial charge in [-0.05, 0) is 30.3 Å². The number of rotatable bonds is 3. The number of fused-ring (bicyclic) bond motifs is 1. The summed E-state index contributed by atoms with van der Waals surface area (Å²) in [5, 5.41) is 12.0. The third-order valence-electron chi connectivity index (χ3n) is 4.09. The van der Waals surface area contributed by atoms with Crippen LogP contribution in [0.25, 0.3) is 16.5 Å². The lowest BCUT2D eigenvalue weighted by atomic mass is 10.1. The molecule has 0 unspecified atom stereocenters. The van der Waals surface area contributed by atoms with Gasteiger partial charge < -0.3 is 5.11 Å². The van der Waals surface area contributed by atoms with Gasteiger partial charge in [0.25, 0.3) is 5.56 Å². The van der Waals surface area contributed by atoms with Crippen molar-refractivity contribution < 1.29 is 5.11 Å². The van der Waals surface area contributed by atoms with E-state index in [1.54, 1.807) is 48.8 Å². The normalized spacial score (nSPS) is 11.2. The molecular weight excluding hydrogens is 326 g/mol. The molecule has 5 nitrogen and oxygen atoms in total. The zero-order valence-corrected chi connectivity index (χ0v) is 13.8. The van der Waals surface area contributed by atoms with Crippen molar-refractivity contribution in [3.8, 4) is 11.6 Å². The molecule has 0 amide bonds. The first-order valence-electron chi connectivity index (χ1n) is 8.13. The molecule has 0 bridgehead atoms. The van der Waals surface area contributed by atoms with Crippen LogP contribution in [-0.2, 0) is 0 Å². The van der Waals surface area contributed by atoms with E-state index in [9.17, 15) is 9.90 Å². The summed E-state index contributed by atoms with van der Waals surface area (Å²) >= 11 is 0. The zero-order valence-electron chi connectivity index (χ0n) is 13.8. The van der Waals surface area contributed by atoms with Crippen LogP contribution in [0, 0.1) is 0 Å². The number of benzene rings is 2. The maximum absolute atomic E-state index is 12.9. The summed E-state index contributed by atoms with van der Waals surface area (Å²) < 4.78 is 1.29. The molecule has 0 saturated heterocycles. The number of aromatic nitrogens is 2. The minimum Gasteiger partial charge on any atom is -0.494 e. The van der Waals surface area contributed by atoms with Crippen molar-refractivity contribution >= 4 is 22.8 Å². The lowest BCUT2D eigenvalue weighted by Crippen LogP contribution is -2.20. The summed E-state index contributed by atoms with van der Waals surface area (Å²) in [5.41, 5.74) is 0.780. The number of pyridine rings is 2. The second kappa shape index (κ2) is 6.64. The van der Waals surface area contributed by atoms with Crippen LogP contribution in [0.2, 0.25) is 0 Å². The molecule has 0 aliphatic carbocycles. The minimum atomic E-state index is -0.278. The summed E-state index contributed by atoms with van der Waals surface area (Å²) in [5.74, 6) is 0.369. The Kier molecular flexibility index (Phi) is 4.03. The summed E-state index contributed by atoms with van der Waals surface area (Å²) in [6, 6.07) is 21.6. The molecule has 26 heavy (non-hydrogen) atoms. The predicted molar refractivity (Wildman–Crippen MR) is 103 cm³/mol. The van der Waals surface area contributed by atoms with Crippen molar-refractivity contribution in [1.29, 1.82) is 0 Å². The Bertz CT molecular complexity index is 1150. The van der Waals surface area contributed by atoms with Crippen LogP contribution in [0.15, 0.2) is 88.8 Å². The maximum Gasteiger partial charge on any atom is 0.265 e. The third kappa shape index (κ3) is 2.75. The van der Waals surface area contributed by atoms with Crippen LogP contribution < -0.4 is 5.56 Å². The van der Waals surface area contributed by atoms with Crippen LogP contribution in [-0.4, -0.2) is 20.9 Å². The monoisotopic (exact) mass is 341 g/mol. The number of hydrogen-bond donors (Lipinski definition) is 1. The molecule has 2 aromatic heterocycles. The molecular formula is C21H15N3O2. The minimum absolute atomic E-state index is 0.153. The summed E-state index contributed by atoms with van der Waals surface area (Å²) in [7, 11) is 0. The summed E-state index contributed by atoms with van der Waals surface area (Å²) in [6.45, 7) is 0. The SMILES string of the molecule is O=c1c2ccccc2c(/C=N/c2ccccn2)c(O)n1-c1ccccc1. The molecule has 0 atom stereocenters. The van der Waals surface area contributed by atoms with Crippen molar-refractivity contribution in [2.45, 2.75) is 0 Å². The number of para-hydroxylation sites is 1. The highest BCUT2D eigenvalue weighted by Gasteiger charge is 2.15. The Hall–Kier alpha value is -3.73. The average molecular weight is 341 g/mol. The van der Waals surface area contributed by atoms with Gasteiger partial charge in [-0.3, -0.25) is 4.79 Å². The number of hydrogen-bond acceptors (Lipinski definition) is 4. The van der Waals surface area contributed by atoms with Crippen LogP contribution in [0.4, 0.5) is 5.82 Å². The van der Waals surface area contributed by atoms with Crippen LogP contribution in [0.5, 0.6) is 5.88 Å². The Morgan fingerprint density at radius 1 is 0.885 bits per heavy atom. The lowest BCUT2D eigenvalue weighted by Gasteiger charge is -2.13. The van der Waals surface area contributed by atoms with Gasteiger partial charge in [0.15, 0.2) is 5.82 Å². The topological polar surface area (TPSA) is 67.5 Å². The standard InChI is InChI=1S/C21H15N3O2/c25-20-17-11-5-4-10-16(17)18(14-23-19-12-6-7-13-22-19)21(26)24(20)15-8-2-1-3-9-15/h1-14,26H/b23-14+. The number of aromatic hydroxyl groups is 1. The summed E-state index contributed by atoms with van der Waals surface area (Å²) in [4.78, 5) is 21.4. The highest BCUT2D eigenvalue weighted by atomic mass is 16.3. The van der Waals surface area contributed by atoms with E-state index in [1.165, 1.54) is 4.57 Å². The fraction of sp³-hybridized carbons (Fsp3) is 0. The Balaban J connectivity index is 2.00. The van der Waals surface area contributed by atoms with E-state index in [4.69, 9.17) is 0 Å². The molecule has 4 aromatic rings. The Morgan fingerprint density at radius 3 is 2.31 bits per heavy atom. The van der Waals surface area contributed by atoms with E-state index in [0.717, 1.165) is 0 Å². The van der Waals surface area contributed by atoms with Gasteiger partial charge in [-0.1, -0.05) is 42.5 Å². The van der Waals surface area contributed by atoms with Gasteiger partial charge in [-0.15, -0.1) is 0 Å². The third-order valence-corrected chi connectivity index (χ3v) is 4.09. The molecule has 1 N–H and O–H groups in total. The van der Waals surface area contributed by atoms with Crippen LogP contribution in [0.1, 0.15) is 5.56 Å². The molecule has 0 fully saturated rings. The second-order valence-corrected chi connectivity index (χ2v) is 5.71. The van der Waals surface area contributed by atoms with E-state index in [0.29, 0.717) is 27.8 Å². The van der Waals surface area contributed by atoms with Gasteiger partial charge in [-0.25, -0.2) is 14.5 Å². The van der Waals surface area contributed by atoms with E-state index in [-0.39, 0.29) is 11.4 Å². The molecule has 4 rings (SSSR count). The van der Waals surface area contributed by atoms with Gasteiger partial charge in [-0.2, -0.15) is 0 Å². The first-order chi connectivity index (χ1) is 12.8. The van der Waals surface area contributed by atoms with E-state index in [2.05, 4.69) is 9.98 Å². The quantitative estimate of drug-likeness (QED) is 0.576. The Morgan fingerprint density at radius 2 is 1.58 bits per heavy atom. The smallest absolute Gasteiger partial charge is 0.265 e. The molecule has 0 aliphatic heterocycles. The molecule has 5 heteroatoms. The van der Waals surface area contributed by atoms with Crippen molar-refractivity contribution in [1.82, 2.24) is 9.55 Å². The fourth-order valence-electron chi connectivity index (χ4n) is 2.87. The largest absolute Gasteiger partial charge is 0.494 e. The lowest BCUT2D eigenvalue weighted by molar-refractivity contribution is 0.436. The first-order valence-corrected chi connectivity index (χ1v) is 8.13. The molecule has 0 saturated carbocycles. The van der Waals surface area contributed by atoms with Gasteiger partial charge in [0.2, 0.25) is 5.88 Å². The molecule has 126 valence electrons. The van der Waals surface area contributed by atoms with Crippen LogP contribution in [0.3, 0.4) is 0 Å². The van der Waals surface area contributed by atoms with Gasteiger partial charge in [0.1, 0.15) is 0 Å². The second-order valence-electron chi connectivity index (χ2n) is 5.71. The highest BCUT2D eigenvalue weighted by molar-refractivity contribution is 6.02. The summed E-state index contributed by atoms with van der Waals surface area (Å²) in [6.07, 6.45) is 3.19. The molecule has 0 radical (unpaired) electrons. The molecule has 0 spiro atoms. The van der Waals surface area contributed by atoms with Gasteiger partial charge >= 0.3 is 0 Å². The number of aliphatic imine (C=N–C) groups is 1. The first kappa shape index (κ1) is 15.8. The Labute approximate surface area is 149 Å². The average Bonchev–Trinajstić information content (AvgIpc) is 2.70. The van der Waals surface area contributed by atoms with Gasteiger partial charge in [0.05, 0.1) is 11.3 Å². The van der Waals surface area contributed by atoms with Crippen molar-refractivity contribution in [3.63, 3.8) is 0 Å². The maximum atomic E-state index is 12.9. The molecule has 0 aliphatic rings. The molecule has 2 aromatic carbocycles. The van der Waals surface area contributed by atoms with E-state index < -0.39 is 0 Å². The number of nitrogens with zero attached hydrogens (tertiary/aromatic N) is 3. The van der Waals surface area contributed by atoms with E-state index >= 15 is 0 Å².